The van der Waals surface area contributed by atoms with Crippen LogP contribution in [0.15, 0.2) is 39.2 Å². The summed E-state index contributed by atoms with van der Waals surface area (Å²) in [6, 6.07) is 8.08. The van der Waals surface area contributed by atoms with E-state index in [2.05, 4.69) is 5.32 Å². The van der Waals surface area contributed by atoms with Gasteiger partial charge in [-0.3, -0.25) is 9.59 Å². The third kappa shape index (κ3) is 2.80. The van der Waals surface area contributed by atoms with Crippen LogP contribution < -0.4 is 11.1 Å². The highest BCUT2D eigenvalue weighted by Gasteiger charge is 2.22. The van der Waals surface area contributed by atoms with Crippen LogP contribution in [-0.2, 0) is 6.42 Å². The van der Waals surface area contributed by atoms with Gasteiger partial charge in [0.1, 0.15) is 17.0 Å². The first kappa shape index (κ1) is 15.2. The van der Waals surface area contributed by atoms with Gasteiger partial charge in [0, 0.05) is 16.8 Å². The van der Waals surface area contributed by atoms with Crippen molar-refractivity contribution < 1.29 is 18.4 Å². The van der Waals surface area contributed by atoms with E-state index in [9.17, 15) is 9.59 Å². The number of furan rings is 2. The number of amides is 2. The second-order valence-corrected chi connectivity index (χ2v) is 5.32. The second kappa shape index (κ2) is 5.81. The number of rotatable bonds is 4. The Morgan fingerprint density at radius 3 is 2.65 bits per heavy atom. The maximum absolute atomic E-state index is 12.3. The highest BCUT2D eigenvalue weighted by atomic mass is 35.5. The predicted octanol–water partition coefficient (Wildman–Crippen LogP) is 3.59. The standard InChI is InChI=1S/C16H13ClN2O4/c1-2-9-4-6-12(22-9)16(21)19-13-10-7-8(17)3-5-11(10)23-14(13)15(18)20/h3-7H,2H2,1H3,(H2,18,20)(H,19,21). The van der Waals surface area contributed by atoms with Crippen LogP contribution in [0.4, 0.5) is 5.69 Å². The highest BCUT2D eigenvalue weighted by Crippen LogP contribution is 2.33. The Balaban J connectivity index is 2.03. The molecular formula is C16H13ClN2O4. The molecule has 0 bridgehead atoms. The molecule has 0 fully saturated rings. The smallest absolute Gasteiger partial charge is 0.291 e. The lowest BCUT2D eigenvalue weighted by molar-refractivity contribution is 0.0977. The number of fused-ring (bicyclic) bond motifs is 1. The summed E-state index contributed by atoms with van der Waals surface area (Å²) in [6.45, 7) is 1.91. The molecule has 3 rings (SSSR count). The Hall–Kier alpha value is -2.73. The summed E-state index contributed by atoms with van der Waals surface area (Å²) in [5, 5.41) is 3.54. The molecule has 0 aliphatic rings. The van der Waals surface area contributed by atoms with Gasteiger partial charge in [-0.1, -0.05) is 18.5 Å². The van der Waals surface area contributed by atoms with Gasteiger partial charge >= 0.3 is 0 Å². The Morgan fingerprint density at radius 2 is 2.00 bits per heavy atom. The van der Waals surface area contributed by atoms with E-state index in [0.29, 0.717) is 28.2 Å². The maximum Gasteiger partial charge on any atom is 0.291 e. The maximum atomic E-state index is 12.3. The molecule has 0 unspecified atom stereocenters. The van der Waals surface area contributed by atoms with Crippen molar-refractivity contribution in [2.75, 3.05) is 5.32 Å². The lowest BCUT2D eigenvalue weighted by atomic mass is 10.2. The van der Waals surface area contributed by atoms with Crippen molar-refractivity contribution in [3.05, 3.63) is 52.6 Å². The minimum Gasteiger partial charge on any atom is -0.456 e. The normalized spacial score (nSPS) is 10.9. The number of benzene rings is 1. The van der Waals surface area contributed by atoms with Gasteiger partial charge in [-0.05, 0) is 30.3 Å². The van der Waals surface area contributed by atoms with Crippen LogP contribution in [-0.4, -0.2) is 11.8 Å². The predicted molar refractivity (Wildman–Crippen MR) is 85.8 cm³/mol. The zero-order chi connectivity index (χ0) is 16.6. The van der Waals surface area contributed by atoms with Gasteiger partial charge in [-0.2, -0.15) is 0 Å². The topological polar surface area (TPSA) is 98.5 Å². The van der Waals surface area contributed by atoms with E-state index in [1.54, 1.807) is 30.3 Å². The number of hydrogen-bond acceptors (Lipinski definition) is 4. The number of nitrogens with one attached hydrogen (secondary N) is 1. The molecule has 1 aromatic carbocycles. The van der Waals surface area contributed by atoms with E-state index in [1.807, 2.05) is 6.92 Å². The molecule has 0 radical (unpaired) electrons. The first-order valence-corrected chi connectivity index (χ1v) is 7.29. The van der Waals surface area contributed by atoms with E-state index in [0.717, 1.165) is 0 Å². The fourth-order valence-electron chi connectivity index (χ4n) is 2.23. The number of carbonyl (C=O) groups is 2. The molecule has 6 nitrogen and oxygen atoms in total. The molecule has 23 heavy (non-hydrogen) atoms. The fourth-order valence-corrected chi connectivity index (χ4v) is 2.40. The lowest BCUT2D eigenvalue weighted by Gasteiger charge is -2.03. The molecule has 2 heterocycles. The Kier molecular flexibility index (Phi) is 3.83. The number of hydrogen-bond donors (Lipinski definition) is 2. The highest BCUT2D eigenvalue weighted by molar-refractivity contribution is 6.31. The SMILES string of the molecule is CCc1ccc(C(=O)Nc2c(C(N)=O)oc3ccc(Cl)cc23)o1. The number of halogens is 1. The summed E-state index contributed by atoms with van der Waals surface area (Å²) in [5.41, 5.74) is 5.89. The Morgan fingerprint density at radius 1 is 1.22 bits per heavy atom. The van der Waals surface area contributed by atoms with Gasteiger partial charge in [0.25, 0.3) is 11.8 Å². The molecule has 3 aromatic rings. The van der Waals surface area contributed by atoms with E-state index in [1.165, 1.54) is 0 Å². The van der Waals surface area contributed by atoms with Gasteiger partial charge in [0.15, 0.2) is 5.76 Å². The molecule has 0 saturated carbocycles. The van der Waals surface area contributed by atoms with Crippen LogP contribution >= 0.6 is 11.6 Å². The summed E-state index contributed by atoms with van der Waals surface area (Å²) in [5.74, 6) is -0.618. The summed E-state index contributed by atoms with van der Waals surface area (Å²) in [6.07, 6.45) is 0.671. The number of anilines is 1. The van der Waals surface area contributed by atoms with Crippen LogP contribution in [0.1, 0.15) is 33.8 Å². The average molecular weight is 333 g/mol. The summed E-state index contributed by atoms with van der Waals surface area (Å²) >= 11 is 5.97. The van der Waals surface area contributed by atoms with Crippen LogP contribution in [0.3, 0.4) is 0 Å². The van der Waals surface area contributed by atoms with Gasteiger partial charge < -0.3 is 19.9 Å². The number of aryl methyl sites for hydroxylation is 1. The lowest BCUT2D eigenvalue weighted by Crippen LogP contribution is -2.16. The summed E-state index contributed by atoms with van der Waals surface area (Å²) in [7, 11) is 0. The van der Waals surface area contributed by atoms with Crippen LogP contribution in [0.5, 0.6) is 0 Å². The van der Waals surface area contributed by atoms with E-state index in [4.69, 9.17) is 26.2 Å². The Labute approximate surface area is 136 Å². The molecule has 118 valence electrons. The van der Waals surface area contributed by atoms with Gasteiger partial charge in [-0.15, -0.1) is 0 Å². The van der Waals surface area contributed by atoms with Crippen molar-refractivity contribution in [2.24, 2.45) is 5.73 Å². The molecule has 0 aliphatic carbocycles. The summed E-state index contributed by atoms with van der Waals surface area (Å²) in [4.78, 5) is 23.9. The van der Waals surface area contributed by atoms with Crippen molar-refractivity contribution in [3.8, 4) is 0 Å². The third-order valence-electron chi connectivity index (χ3n) is 3.35. The number of primary amides is 1. The van der Waals surface area contributed by atoms with Crippen LogP contribution in [0.25, 0.3) is 11.0 Å². The monoisotopic (exact) mass is 332 g/mol. The minimum atomic E-state index is -0.790. The zero-order valence-electron chi connectivity index (χ0n) is 12.2. The van der Waals surface area contributed by atoms with Crippen molar-refractivity contribution in [3.63, 3.8) is 0 Å². The van der Waals surface area contributed by atoms with E-state index in [-0.39, 0.29) is 17.2 Å². The molecular weight excluding hydrogens is 320 g/mol. The number of nitrogens with two attached hydrogens (primary N) is 1. The van der Waals surface area contributed by atoms with Crippen LogP contribution in [0.2, 0.25) is 5.02 Å². The number of carbonyl (C=O) groups excluding carboxylic acids is 2. The van der Waals surface area contributed by atoms with Crippen molar-refractivity contribution in [1.82, 2.24) is 0 Å². The van der Waals surface area contributed by atoms with Crippen molar-refractivity contribution in [2.45, 2.75) is 13.3 Å². The Bertz CT molecular complexity index is 910. The fraction of sp³-hybridized carbons (Fsp3) is 0.125. The minimum absolute atomic E-state index is 0.133. The molecule has 0 spiro atoms. The van der Waals surface area contributed by atoms with Gasteiger partial charge in [0.05, 0.1) is 0 Å². The van der Waals surface area contributed by atoms with Gasteiger partial charge in [0.2, 0.25) is 5.76 Å². The van der Waals surface area contributed by atoms with E-state index >= 15 is 0 Å². The molecule has 0 atom stereocenters. The second-order valence-electron chi connectivity index (χ2n) is 4.88. The quantitative estimate of drug-likeness (QED) is 0.762. The molecule has 7 heteroatoms. The first-order valence-electron chi connectivity index (χ1n) is 6.91. The molecule has 0 aliphatic heterocycles. The molecule has 3 N–H and O–H groups in total. The van der Waals surface area contributed by atoms with Crippen molar-refractivity contribution in [1.29, 1.82) is 0 Å². The molecule has 2 amide bonds. The van der Waals surface area contributed by atoms with Gasteiger partial charge in [-0.25, -0.2) is 0 Å². The average Bonchev–Trinajstić information content (AvgIpc) is 3.12. The third-order valence-corrected chi connectivity index (χ3v) is 3.58. The van der Waals surface area contributed by atoms with Crippen molar-refractivity contribution >= 4 is 40.1 Å². The molecule has 0 saturated heterocycles. The largest absolute Gasteiger partial charge is 0.456 e. The van der Waals surface area contributed by atoms with E-state index < -0.39 is 11.8 Å². The summed E-state index contributed by atoms with van der Waals surface area (Å²) < 4.78 is 10.8. The molecule has 2 aromatic heterocycles. The zero-order valence-corrected chi connectivity index (χ0v) is 12.9. The first-order chi connectivity index (χ1) is 11.0. The van der Waals surface area contributed by atoms with Crippen LogP contribution in [0, 0.1) is 0 Å².